The molecule has 0 fully saturated rings. The van der Waals surface area contributed by atoms with Gasteiger partial charge in [-0.1, -0.05) is 19.6 Å². The SMILES string of the molecule is C[Si](C)(C)CS(=O)c1ccncc1. The molecule has 1 aromatic rings. The first-order valence-electron chi connectivity index (χ1n) is 4.27. The Balaban J connectivity index is 2.71. The summed E-state index contributed by atoms with van der Waals surface area (Å²) in [5.74, 6) is 0. The van der Waals surface area contributed by atoms with E-state index in [1.807, 2.05) is 12.1 Å². The van der Waals surface area contributed by atoms with Crippen molar-refractivity contribution >= 4 is 18.9 Å². The molecule has 1 atom stereocenters. The lowest BCUT2D eigenvalue weighted by molar-refractivity contribution is 0.685. The normalized spacial score (nSPS) is 14.1. The van der Waals surface area contributed by atoms with Gasteiger partial charge in [-0.05, 0) is 12.1 Å². The molecule has 1 rings (SSSR count). The first kappa shape index (κ1) is 10.6. The lowest BCUT2D eigenvalue weighted by Gasteiger charge is -2.14. The number of rotatable bonds is 3. The van der Waals surface area contributed by atoms with Crippen molar-refractivity contribution in [3.8, 4) is 0 Å². The molecule has 4 heteroatoms. The second-order valence-electron chi connectivity index (χ2n) is 4.23. The van der Waals surface area contributed by atoms with Crippen LogP contribution in [-0.2, 0) is 10.8 Å². The Morgan fingerprint density at radius 1 is 1.31 bits per heavy atom. The zero-order chi connectivity index (χ0) is 9.90. The molecule has 72 valence electrons. The number of aromatic nitrogens is 1. The second kappa shape index (κ2) is 4.15. The Morgan fingerprint density at radius 3 is 2.31 bits per heavy atom. The van der Waals surface area contributed by atoms with E-state index in [4.69, 9.17) is 0 Å². The average molecular weight is 213 g/mol. The third kappa shape index (κ3) is 3.82. The molecule has 1 unspecified atom stereocenters. The Bertz CT molecular complexity index is 294. The minimum atomic E-state index is -1.22. The van der Waals surface area contributed by atoms with Gasteiger partial charge in [0.1, 0.15) is 0 Å². The number of hydrogen-bond donors (Lipinski definition) is 0. The first-order valence-corrected chi connectivity index (χ1v) is 9.30. The molecular formula is C9H15NOSSi. The van der Waals surface area contributed by atoms with Crippen molar-refractivity contribution in [1.29, 1.82) is 0 Å². The van der Waals surface area contributed by atoms with Crippen molar-refractivity contribution in [2.75, 3.05) is 5.38 Å². The van der Waals surface area contributed by atoms with Crippen LogP contribution >= 0.6 is 0 Å². The molecule has 0 spiro atoms. The molecule has 1 heterocycles. The minimum absolute atomic E-state index is 0.830. The molecule has 0 amide bonds. The molecule has 2 nitrogen and oxygen atoms in total. The van der Waals surface area contributed by atoms with E-state index >= 15 is 0 Å². The van der Waals surface area contributed by atoms with Crippen LogP contribution in [0.1, 0.15) is 0 Å². The van der Waals surface area contributed by atoms with Crippen LogP contribution in [0.4, 0.5) is 0 Å². The maximum absolute atomic E-state index is 11.8. The lowest BCUT2D eigenvalue weighted by Crippen LogP contribution is -2.29. The summed E-state index contributed by atoms with van der Waals surface area (Å²) >= 11 is 0. The summed E-state index contributed by atoms with van der Waals surface area (Å²) in [6.45, 7) is 6.68. The number of hydrogen-bond acceptors (Lipinski definition) is 2. The monoisotopic (exact) mass is 213 g/mol. The molecule has 0 N–H and O–H groups in total. The molecule has 0 radical (unpaired) electrons. The van der Waals surface area contributed by atoms with Crippen molar-refractivity contribution < 1.29 is 4.21 Å². The smallest absolute Gasteiger partial charge is 0.0586 e. The van der Waals surface area contributed by atoms with Gasteiger partial charge in [-0.3, -0.25) is 9.19 Å². The Morgan fingerprint density at radius 2 is 1.85 bits per heavy atom. The van der Waals surface area contributed by atoms with Crippen LogP contribution in [0.2, 0.25) is 19.6 Å². The summed E-state index contributed by atoms with van der Waals surface area (Å²) in [6, 6.07) is 3.66. The highest BCUT2D eigenvalue weighted by atomic mass is 32.2. The van der Waals surface area contributed by atoms with Crippen molar-refractivity contribution in [3.63, 3.8) is 0 Å². The molecule has 0 saturated carbocycles. The fraction of sp³-hybridized carbons (Fsp3) is 0.444. The molecule has 0 bridgehead atoms. The van der Waals surface area contributed by atoms with Gasteiger partial charge in [-0.15, -0.1) is 0 Å². The predicted molar refractivity (Wildman–Crippen MR) is 58.9 cm³/mol. The van der Waals surface area contributed by atoms with Crippen molar-refractivity contribution in [3.05, 3.63) is 24.5 Å². The van der Waals surface area contributed by atoms with Crippen molar-refractivity contribution in [1.82, 2.24) is 4.98 Å². The van der Waals surface area contributed by atoms with Gasteiger partial charge in [0.15, 0.2) is 0 Å². The highest BCUT2D eigenvalue weighted by molar-refractivity contribution is 7.87. The maximum atomic E-state index is 11.8. The molecule has 0 aromatic carbocycles. The van der Waals surface area contributed by atoms with E-state index in [2.05, 4.69) is 24.6 Å². The van der Waals surface area contributed by atoms with E-state index < -0.39 is 18.9 Å². The molecular weight excluding hydrogens is 198 g/mol. The second-order valence-corrected chi connectivity index (χ2v) is 11.7. The van der Waals surface area contributed by atoms with E-state index in [-0.39, 0.29) is 0 Å². The van der Waals surface area contributed by atoms with Gasteiger partial charge >= 0.3 is 0 Å². The lowest BCUT2D eigenvalue weighted by atomic mass is 10.5. The largest absolute Gasteiger partial charge is 0.265 e. The topological polar surface area (TPSA) is 30.0 Å². The van der Waals surface area contributed by atoms with Gasteiger partial charge in [0.05, 0.1) is 18.9 Å². The van der Waals surface area contributed by atoms with Crippen LogP contribution in [0.3, 0.4) is 0 Å². The molecule has 0 aliphatic rings. The van der Waals surface area contributed by atoms with Crippen LogP contribution in [0.25, 0.3) is 0 Å². The van der Waals surface area contributed by atoms with Crippen LogP contribution in [0.5, 0.6) is 0 Å². The quantitative estimate of drug-likeness (QED) is 0.720. The Hall–Kier alpha value is -0.483. The van der Waals surface area contributed by atoms with Gasteiger partial charge in [0.2, 0.25) is 0 Å². The first-order chi connectivity index (χ1) is 5.99. The van der Waals surface area contributed by atoms with Gasteiger partial charge < -0.3 is 0 Å². The third-order valence-electron chi connectivity index (χ3n) is 1.48. The Kier molecular flexibility index (Phi) is 3.38. The van der Waals surface area contributed by atoms with E-state index in [1.54, 1.807) is 12.4 Å². The summed E-state index contributed by atoms with van der Waals surface area (Å²) in [5.41, 5.74) is 0. The number of pyridine rings is 1. The highest BCUT2D eigenvalue weighted by Gasteiger charge is 2.17. The van der Waals surface area contributed by atoms with E-state index in [0.717, 1.165) is 10.3 Å². The Labute approximate surface area is 82.9 Å². The van der Waals surface area contributed by atoms with Crippen LogP contribution < -0.4 is 0 Å². The average Bonchev–Trinajstić information content (AvgIpc) is 2.03. The highest BCUT2D eigenvalue weighted by Crippen LogP contribution is 2.10. The molecule has 1 aromatic heterocycles. The molecule has 0 aliphatic carbocycles. The summed E-state index contributed by atoms with van der Waals surface area (Å²) in [5, 5.41) is 0.830. The van der Waals surface area contributed by atoms with Crippen LogP contribution in [0, 0.1) is 0 Å². The minimum Gasteiger partial charge on any atom is -0.265 e. The fourth-order valence-corrected chi connectivity index (χ4v) is 5.20. The van der Waals surface area contributed by atoms with E-state index in [0.29, 0.717) is 0 Å². The standard InChI is InChI=1S/C9H15NOSSi/c1-13(2,3)8-12(11)9-4-6-10-7-5-9/h4-7H,8H2,1-3H3. The molecule has 13 heavy (non-hydrogen) atoms. The van der Waals surface area contributed by atoms with Gasteiger partial charge in [0.25, 0.3) is 0 Å². The summed E-state index contributed by atoms with van der Waals surface area (Å²) in [4.78, 5) is 4.80. The summed E-state index contributed by atoms with van der Waals surface area (Å²) in [7, 11) is -2.05. The maximum Gasteiger partial charge on any atom is 0.0586 e. The predicted octanol–water partition coefficient (Wildman–Crippen LogP) is 2.07. The summed E-state index contributed by atoms with van der Waals surface area (Å²) < 4.78 is 11.8. The van der Waals surface area contributed by atoms with Crippen molar-refractivity contribution in [2.45, 2.75) is 24.5 Å². The van der Waals surface area contributed by atoms with Crippen LogP contribution in [0.15, 0.2) is 29.4 Å². The van der Waals surface area contributed by atoms with Gasteiger partial charge in [-0.2, -0.15) is 0 Å². The molecule has 0 saturated heterocycles. The van der Waals surface area contributed by atoms with E-state index in [1.165, 1.54) is 0 Å². The van der Waals surface area contributed by atoms with Gasteiger partial charge in [0, 0.05) is 22.7 Å². The zero-order valence-electron chi connectivity index (χ0n) is 8.28. The van der Waals surface area contributed by atoms with E-state index in [9.17, 15) is 4.21 Å². The van der Waals surface area contributed by atoms with Crippen LogP contribution in [-0.4, -0.2) is 22.6 Å². The fourth-order valence-electron chi connectivity index (χ4n) is 0.967. The van der Waals surface area contributed by atoms with Crippen molar-refractivity contribution in [2.24, 2.45) is 0 Å². The zero-order valence-corrected chi connectivity index (χ0v) is 10.1. The summed E-state index contributed by atoms with van der Waals surface area (Å²) in [6.07, 6.45) is 3.38. The number of nitrogens with zero attached hydrogens (tertiary/aromatic N) is 1. The van der Waals surface area contributed by atoms with Gasteiger partial charge in [-0.25, -0.2) is 0 Å². The molecule has 0 aliphatic heterocycles. The third-order valence-corrected chi connectivity index (χ3v) is 6.79.